The van der Waals surface area contributed by atoms with Gasteiger partial charge in [0.05, 0.1) is 23.7 Å². The molecule has 1 aromatic heterocycles. The summed E-state index contributed by atoms with van der Waals surface area (Å²) in [6.45, 7) is 4.02. The Labute approximate surface area is 145 Å². The molecule has 1 heterocycles. The van der Waals surface area contributed by atoms with Crippen LogP contribution < -0.4 is 11.0 Å². The van der Waals surface area contributed by atoms with E-state index in [1.165, 1.54) is 0 Å². The number of aromatic nitrogens is 2. The third-order valence-electron chi connectivity index (χ3n) is 4.11. The summed E-state index contributed by atoms with van der Waals surface area (Å²) in [6.07, 6.45) is -0.557. The number of carbonyl (C=O) groups excluding carboxylic acids is 1. The largest absolute Gasteiger partial charge is 0.364 e. The first kappa shape index (κ1) is 17.0. The normalized spacial score (nSPS) is 13.5. The minimum Gasteiger partial charge on any atom is -0.364 e. The fraction of sp³-hybridized carbons (Fsp3) is 0.263. The lowest BCUT2D eigenvalue weighted by atomic mass is 10.1. The van der Waals surface area contributed by atoms with Gasteiger partial charge in [-0.2, -0.15) is 0 Å². The fourth-order valence-corrected chi connectivity index (χ4v) is 2.60. The maximum atomic E-state index is 12.3. The zero-order valence-corrected chi connectivity index (χ0v) is 14.2. The van der Waals surface area contributed by atoms with Crippen LogP contribution in [0.1, 0.15) is 31.0 Å². The van der Waals surface area contributed by atoms with Crippen LogP contribution >= 0.6 is 0 Å². The van der Waals surface area contributed by atoms with Gasteiger partial charge in [0.25, 0.3) is 0 Å². The second-order valence-corrected chi connectivity index (χ2v) is 6.05. The van der Waals surface area contributed by atoms with E-state index >= 15 is 0 Å². The Morgan fingerprint density at radius 3 is 2.56 bits per heavy atom. The summed E-state index contributed by atoms with van der Waals surface area (Å²) in [6, 6.07) is 15.1. The van der Waals surface area contributed by atoms with Crippen molar-refractivity contribution < 1.29 is 9.53 Å². The lowest BCUT2D eigenvalue weighted by Gasteiger charge is -2.18. The number of benzene rings is 2. The van der Waals surface area contributed by atoms with Crippen LogP contribution in [0.3, 0.4) is 0 Å². The summed E-state index contributed by atoms with van der Waals surface area (Å²) >= 11 is 0. The molecule has 0 aliphatic carbocycles. The third kappa shape index (κ3) is 4.16. The molecule has 0 bridgehead atoms. The monoisotopic (exact) mass is 339 g/mol. The zero-order chi connectivity index (χ0) is 17.8. The molecular weight excluding hydrogens is 318 g/mol. The molecule has 0 radical (unpaired) electrons. The van der Waals surface area contributed by atoms with E-state index < -0.39 is 6.10 Å². The molecule has 0 saturated heterocycles. The van der Waals surface area contributed by atoms with Crippen molar-refractivity contribution in [2.45, 2.75) is 32.6 Å². The van der Waals surface area contributed by atoms with Gasteiger partial charge in [0, 0.05) is 0 Å². The Hall–Kier alpha value is -2.86. The highest BCUT2D eigenvalue weighted by Gasteiger charge is 2.17. The number of fused-ring (bicyclic) bond motifs is 1. The van der Waals surface area contributed by atoms with E-state index in [-0.39, 0.29) is 17.6 Å². The molecule has 1 amide bonds. The summed E-state index contributed by atoms with van der Waals surface area (Å²) < 4.78 is 5.64. The number of imidazole rings is 1. The SMILES string of the molecule is CC(OCc1ccccc1)C(=O)NC(C)c1ccc2[nH]c(=O)[nH]c2c1. The molecule has 0 saturated carbocycles. The Morgan fingerprint density at radius 1 is 1.08 bits per heavy atom. The molecule has 130 valence electrons. The van der Waals surface area contributed by atoms with Crippen molar-refractivity contribution >= 4 is 16.9 Å². The standard InChI is InChI=1S/C19H21N3O3/c1-12(15-8-9-16-17(10-15)22-19(24)21-16)20-18(23)13(2)25-11-14-6-4-3-5-7-14/h3-10,12-13H,11H2,1-2H3,(H,20,23)(H2,21,22,24). The zero-order valence-electron chi connectivity index (χ0n) is 14.2. The highest BCUT2D eigenvalue weighted by Crippen LogP contribution is 2.17. The predicted molar refractivity (Wildman–Crippen MR) is 96.2 cm³/mol. The van der Waals surface area contributed by atoms with Crippen molar-refractivity contribution in [2.24, 2.45) is 0 Å². The summed E-state index contributed by atoms with van der Waals surface area (Å²) in [5, 5.41) is 2.94. The lowest BCUT2D eigenvalue weighted by molar-refractivity contribution is -0.133. The Bertz CT molecular complexity index is 914. The first-order chi connectivity index (χ1) is 12.0. The van der Waals surface area contributed by atoms with E-state index in [9.17, 15) is 9.59 Å². The predicted octanol–water partition coefficient (Wildman–Crippen LogP) is 2.64. The van der Waals surface area contributed by atoms with Crippen molar-refractivity contribution in [2.75, 3.05) is 0 Å². The van der Waals surface area contributed by atoms with Gasteiger partial charge in [0.1, 0.15) is 6.10 Å². The molecule has 25 heavy (non-hydrogen) atoms. The number of hydrogen-bond donors (Lipinski definition) is 3. The van der Waals surface area contributed by atoms with Crippen LogP contribution in [0.4, 0.5) is 0 Å². The molecule has 3 aromatic rings. The second-order valence-electron chi connectivity index (χ2n) is 6.05. The van der Waals surface area contributed by atoms with Gasteiger partial charge < -0.3 is 20.0 Å². The first-order valence-corrected chi connectivity index (χ1v) is 8.21. The van der Waals surface area contributed by atoms with Gasteiger partial charge in [-0.25, -0.2) is 4.79 Å². The van der Waals surface area contributed by atoms with Crippen LogP contribution in [0.2, 0.25) is 0 Å². The van der Waals surface area contributed by atoms with Gasteiger partial charge in [-0.1, -0.05) is 36.4 Å². The van der Waals surface area contributed by atoms with Crippen LogP contribution in [0.15, 0.2) is 53.3 Å². The first-order valence-electron chi connectivity index (χ1n) is 8.21. The fourth-order valence-electron chi connectivity index (χ4n) is 2.60. The molecule has 0 spiro atoms. The summed E-state index contributed by atoms with van der Waals surface area (Å²) in [4.78, 5) is 29.1. The highest BCUT2D eigenvalue weighted by molar-refractivity contribution is 5.81. The Balaban J connectivity index is 1.59. The quantitative estimate of drug-likeness (QED) is 0.645. The van der Waals surface area contributed by atoms with Gasteiger partial charge in [-0.05, 0) is 37.1 Å². The van der Waals surface area contributed by atoms with Gasteiger partial charge >= 0.3 is 5.69 Å². The van der Waals surface area contributed by atoms with Gasteiger partial charge in [0.15, 0.2) is 0 Å². The summed E-state index contributed by atoms with van der Waals surface area (Å²) in [7, 11) is 0. The number of aromatic amines is 2. The molecule has 0 aliphatic heterocycles. The second kappa shape index (κ2) is 7.36. The number of hydrogen-bond acceptors (Lipinski definition) is 3. The van der Waals surface area contributed by atoms with E-state index in [1.54, 1.807) is 6.92 Å². The molecule has 3 rings (SSSR count). The average Bonchev–Trinajstić information content (AvgIpc) is 2.99. The lowest BCUT2D eigenvalue weighted by Crippen LogP contribution is -2.36. The molecular formula is C19H21N3O3. The maximum absolute atomic E-state index is 12.3. The number of H-pyrrole nitrogens is 2. The van der Waals surface area contributed by atoms with Crippen molar-refractivity contribution in [1.29, 1.82) is 0 Å². The minimum atomic E-state index is -0.557. The van der Waals surface area contributed by atoms with E-state index in [0.29, 0.717) is 6.61 Å². The van der Waals surface area contributed by atoms with E-state index in [4.69, 9.17) is 4.74 Å². The van der Waals surface area contributed by atoms with Crippen LogP contribution in [-0.2, 0) is 16.1 Å². The molecule has 3 N–H and O–H groups in total. The van der Waals surface area contributed by atoms with Crippen LogP contribution in [0, 0.1) is 0 Å². The van der Waals surface area contributed by atoms with Crippen molar-refractivity contribution in [3.63, 3.8) is 0 Å². The molecule has 2 aromatic carbocycles. The maximum Gasteiger partial charge on any atom is 0.323 e. The summed E-state index contributed by atoms with van der Waals surface area (Å²) in [5.74, 6) is -0.175. The number of amides is 1. The Morgan fingerprint density at radius 2 is 1.80 bits per heavy atom. The molecule has 6 nitrogen and oxygen atoms in total. The number of nitrogens with one attached hydrogen (secondary N) is 3. The third-order valence-corrected chi connectivity index (χ3v) is 4.11. The van der Waals surface area contributed by atoms with Crippen LogP contribution in [0.5, 0.6) is 0 Å². The minimum absolute atomic E-state index is 0.175. The molecule has 0 fully saturated rings. The molecule has 6 heteroatoms. The topological polar surface area (TPSA) is 87.0 Å². The van der Waals surface area contributed by atoms with Crippen LogP contribution in [-0.4, -0.2) is 22.0 Å². The summed E-state index contributed by atoms with van der Waals surface area (Å²) in [5.41, 5.74) is 3.15. The highest BCUT2D eigenvalue weighted by atomic mass is 16.5. The van der Waals surface area contributed by atoms with Crippen molar-refractivity contribution in [3.05, 3.63) is 70.1 Å². The number of ether oxygens (including phenoxy) is 1. The molecule has 0 aliphatic rings. The van der Waals surface area contributed by atoms with Gasteiger partial charge in [-0.15, -0.1) is 0 Å². The van der Waals surface area contributed by atoms with Crippen molar-refractivity contribution in [3.8, 4) is 0 Å². The van der Waals surface area contributed by atoms with E-state index in [1.807, 2.05) is 55.5 Å². The van der Waals surface area contributed by atoms with E-state index in [2.05, 4.69) is 15.3 Å². The number of carbonyl (C=O) groups is 1. The number of rotatable bonds is 6. The average molecular weight is 339 g/mol. The van der Waals surface area contributed by atoms with Crippen molar-refractivity contribution in [1.82, 2.24) is 15.3 Å². The molecule has 2 atom stereocenters. The van der Waals surface area contributed by atoms with E-state index in [0.717, 1.165) is 22.2 Å². The molecule has 2 unspecified atom stereocenters. The smallest absolute Gasteiger partial charge is 0.323 e. The Kier molecular flexibility index (Phi) is 5.00. The van der Waals surface area contributed by atoms with Crippen LogP contribution in [0.25, 0.3) is 11.0 Å². The van der Waals surface area contributed by atoms with Gasteiger partial charge in [-0.3, -0.25) is 4.79 Å². The van der Waals surface area contributed by atoms with Gasteiger partial charge in [0.2, 0.25) is 5.91 Å².